The Morgan fingerprint density at radius 3 is 2.50 bits per heavy atom. The molecule has 4 N–H and O–H groups in total. The molecule has 1 aliphatic heterocycles. The lowest BCUT2D eigenvalue weighted by molar-refractivity contribution is -0.137. The maximum absolute atomic E-state index is 12.9. The van der Waals surface area contributed by atoms with Crippen molar-refractivity contribution >= 4 is 39.5 Å². The lowest BCUT2D eigenvalue weighted by atomic mass is 10.0. The summed E-state index contributed by atoms with van der Waals surface area (Å²) in [5.74, 6) is 0.865. The number of benzene rings is 3. The van der Waals surface area contributed by atoms with E-state index in [0.717, 1.165) is 66.0 Å². The average molecular weight is 600 g/mol. The number of hydrogen-bond donors (Lipinski definition) is 4. The topological polar surface area (TPSA) is 113 Å². The number of H-pyrrole nitrogens is 1. The zero-order valence-corrected chi connectivity index (χ0v) is 23.6. The summed E-state index contributed by atoms with van der Waals surface area (Å²) < 4.78 is 50.5. The van der Waals surface area contributed by atoms with Crippen LogP contribution < -0.4 is 20.7 Å². The number of nitrogens with zero attached hydrogens (tertiary/aromatic N) is 3. The van der Waals surface area contributed by atoms with Crippen LogP contribution in [0.1, 0.15) is 24.0 Å². The first-order valence-electron chi connectivity index (χ1n) is 14.2. The molecule has 3 aromatic heterocycles. The van der Waals surface area contributed by atoms with Gasteiger partial charge in [0, 0.05) is 34.7 Å². The van der Waals surface area contributed by atoms with Crippen molar-refractivity contribution < 1.29 is 22.3 Å². The number of hydrogen-bond acceptors (Lipinski definition) is 8. The van der Waals surface area contributed by atoms with Gasteiger partial charge in [0.15, 0.2) is 5.58 Å². The summed E-state index contributed by atoms with van der Waals surface area (Å²) >= 11 is 0. The molecule has 7 rings (SSSR count). The van der Waals surface area contributed by atoms with Crippen molar-refractivity contribution in [2.75, 3.05) is 23.7 Å². The van der Waals surface area contributed by atoms with E-state index in [2.05, 4.69) is 61.0 Å². The van der Waals surface area contributed by atoms with Gasteiger partial charge in [0.25, 0.3) is 6.01 Å². The smallest absolute Gasteiger partial charge is 0.416 e. The van der Waals surface area contributed by atoms with Gasteiger partial charge in [0.05, 0.1) is 10.9 Å². The molecule has 0 saturated carbocycles. The average Bonchev–Trinajstić information content (AvgIpc) is 3.62. The second-order valence-corrected chi connectivity index (χ2v) is 10.8. The predicted molar refractivity (Wildman–Crippen MR) is 162 cm³/mol. The zero-order chi connectivity index (χ0) is 30.3. The molecule has 1 fully saturated rings. The quantitative estimate of drug-likeness (QED) is 0.147. The minimum absolute atomic E-state index is 0.143. The zero-order valence-electron chi connectivity index (χ0n) is 23.6. The van der Waals surface area contributed by atoms with E-state index in [1.54, 1.807) is 18.2 Å². The van der Waals surface area contributed by atoms with Crippen LogP contribution in [0.4, 0.5) is 30.6 Å². The highest BCUT2D eigenvalue weighted by Gasteiger charge is 2.30. The number of fused-ring (bicyclic) bond motifs is 2. The Hall–Kier alpha value is -5.10. The molecule has 44 heavy (non-hydrogen) atoms. The molecule has 0 atom stereocenters. The van der Waals surface area contributed by atoms with Crippen LogP contribution in [0.3, 0.4) is 0 Å². The van der Waals surface area contributed by atoms with E-state index in [1.165, 1.54) is 18.5 Å². The van der Waals surface area contributed by atoms with Gasteiger partial charge in [-0.15, -0.1) is 0 Å². The molecule has 0 unspecified atom stereocenters. The molecule has 0 aliphatic carbocycles. The number of nitrogens with one attached hydrogen (secondary N) is 4. The van der Waals surface area contributed by atoms with Crippen molar-refractivity contribution in [1.82, 2.24) is 25.3 Å². The lowest BCUT2D eigenvalue weighted by Gasteiger charge is -2.25. The molecule has 1 saturated heterocycles. The molecule has 0 amide bonds. The summed E-state index contributed by atoms with van der Waals surface area (Å²) in [5, 5.41) is 10.7. The minimum atomic E-state index is -4.40. The first-order valence-corrected chi connectivity index (χ1v) is 14.2. The molecule has 0 radical (unpaired) electrons. The van der Waals surface area contributed by atoms with E-state index in [4.69, 9.17) is 9.15 Å². The molecule has 0 spiro atoms. The van der Waals surface area contributed by atoms with Crippen molar-refractivity contribution in [3.63, 3.8) is 0 Å². The van der Waals surface area contributed by atoms with Gasteiger partial charge in [-0.1, -0.05) is 6.07 Å². The Morgan fingerprint density at radius 2 is 1.73 bits per heavy atom. The Bertz CT molecular complexity index is 1940. The molecule has 9 nitrogen and oxygen atoms in total. The van der Waals surface area contributed by atoms with E-state index in [0.29, 0.717) is 40.1 Å². The SMILES string of the molecule is Cc1cc(NC2CCNCC2)ccc1-c1cc2c(Oc3ccc4oc(Nc5ccc(C(F)(F)F)cc5)nc4c3)ncnc2[nH]1. The number of aromatic amines is 1. The van der Waals surface area contributed by atoms with Crippen LogP contribution in [0, 0.1) is 6.92 Å². The monoisotopic (exact) mass is 599 g/mol. The normalized spacial score (nSPS) is 14.3. The molecule has 224 valence electrons. The molecule has 1 aliphatic rings. The van der Waals surface area contributed by atoms with Crippen molar-refractivity contribution in [2.45, 2.75) is 32.0 Å². The molecule has 4 heterocycles. The number of anilines is 3. The number of aryl methyl sites for hydroxylation is 1. The summed E-state index contributed by atoms with van der Waals surface area (Å²) in [6.45, 7) is 4.16. The fourth-order valence-corrected chi connectivity index (χ4v) is 5.40. The van der Waals surface area contributed by atoms with Crippen LogP contribution in [0.25, 0.3) is 33.4 Å². The van der Waals surface area contributed by atoms with Gasteiger partial charge >= 0.3 is 6.18 Å². The van der Waals surface area contributed by atoms with Crippen LogP contribution in [0.2, 0.25) is 0 Å². The number of halogens is 3. The molecule has 0 bridgehead atoms. The third-order valence-corrected chi connectivity index (χ3v) is 7.65. The van der Waals surface area contributed by atoms with Gasteiger partial charge in [-0.25, -0.2) is 9.97 Å². The first-order chi connectivity index (χ1) is 21.3. The number of alkyl halides is 3. The highest BCUT2D eigenvalue weighted by Crippen LogP contribution is 2.35. The fourth-order valence-electron chi connectivity index (χ4n) is 5.40. The molecule has 6 aromatic rings. The van der Waals surface area contributed by atoms with Gasteiger partial charge in [0.2, 0.25) is 5.88 Å². The van der Waals surface area contributed by atoms with E-state index in [-0.39, 0.29) is 6.01 Å². The maximum atomic E-state index is 12.9. The van der Waals surface area contributed by atoms with Crippen molar-refractivity contribution in [2.24, 2.45) is 0 Å². The Morgan fingerprint density at radius 1 is 0.932 bits per heavy atom. The highest BCUT2D eigenvalue weighted by atomic mass is 19.4. The first kappa shape index (κ1) is 27.7. The lowest BCUT2D eigenvalue weighted by Crippen LogP contribution is -2.35. The van der Waals surface area contributed by atoms with E-state index >= 15 is 0 Å². The van der Waals surface area contributed by atoms with Crippen LogP contribution in [0.5, 0.6) is 11.6 Å². The van der Waals surface area contributed by atoms with E-state index < -0.39 is 11.7 Å². The number of aromatic nitrogens is 4. The maximum Gasteiger partial charge on any atom is 0.416 e. The molecular weight excluding hydrogens is 571 g/mol. The van der Waals surface area contributed by atoms with Crippen molar-refractivity contribution in [3.05, 3.63) is 84.2 Å². The Kier molecular flexibility index (Phi) is 7.05. The predicted octanol–water partition coefficient (Wildman–Crippen LogP) is 7.79. The largest absolute Gasteiger partial charge is 0.438 e. The van der Waals surface area contributed by atoms with E-state index in [9.17, 15) is 13.2 Å². The van der Waals surface area contributed by atoms with Gasteiger partial charge < -0.3 is 30.1 Å². The summed E-state index contributed by atoms with van der Waals surface area (Å²) in [6.07, 6.45) is -0.751. The van der Waals surface area contributed by atoms with Gasteiger partial charge in [-0.3, -0.25) is 0 Å². The minimum Gasteiger partial charge on any atom is -0.438 e. The summed E-state index contributed by atoms with van der Waals surface area (Å²) in [7, 11) is 0. The van der Waals surface area contributed by atoms with Crippen LogP contribution >= 0.6 is 0 Å². The number of ether oxygens (including phenoxy) is 1. The third-order valence-electron chi connectivity index (χ3n) is 7.65. The Labute approximate surface area is 249 Å². The third kappa shape index (κ3) is 5.76. The van der Waals surface area contributed by atoms with Crippen molar-refractivity contribution in [1.29, 1.82) is 0 Å². The summed E-state index contributed by atoms with van der Waals surface area (Å²) in [5.41, 5.74) is 5.51. The van der Waals surface area contributed by atoms with Crippen molar-refractivity contribution in [3.8, 4) is 22.9 Å². The Balaban J connectivity index is 1.09. The number of oxazole rings is 1. The number of piperidine rings is 1. The van der Waals surface area contributed by atoms with Gasteiger partial charge in [0.1, 0.15) is 23.2 Å². The van der Waals surface area contributed by atoms with Crippen LogP contribution in [-0.4, -0.2) is 39.1 Å². The van der Waals surface area contributed by atoms with Gasteiger partial charge in [-0.05, 0) is 93.0 Å². The fraction of sp³-hybridized carbons (Fsp3) is 0.219. The second-order valence-electron chi connectivity index (χ2n) is 10.8. The molecule has 3 aromatic carbocycles. The van der Waals surface area contributed by atoms with Crippen LogP contribution in [-0.2, 0) is 6.18 Å². The highest BCUT2D eigenvalue weighted by molar-refractivity contribution is 5.88. The standard InChI is InChI=1S/C32H28F3N7O2/c1-18-14-22(39-21-10-12-36-13-11-21)6-8-24(18)26-16-25-29(41-26)37-17-38-30(25)43-23-7-9-28-27(15-23)42-31(44-28)40-20-4-2-19(3-5-20)32(33,34)35/h2-9,14-17,21,36,39H,10-13H2,1H3,(H,40,42)(H,37,38,41). The molecule has 12 heteroatoms. The summed E-state index contributed by atoms with van der Waals surface area (Å²) in [6, 6.07) is 18.7. The summed E-state index contributed by atoms with van der Waals surface area (Å²) in [4.78, 5) is 16.6. The number of rotatable bonds is 7. The molecular formula is C32H28F3N7O2. The van der Waals surface area contributed by atoms with Gasteiger partial charge in [-0.2, -0.15) is 18.2 Å². The van der Waals surface area contributed by atoms with E-state index in [1.807, 2.05) is 6.07 Å². The second kappa shape index (κ2) is 11.2. The van der Waals surface area contributed by atoms with Crippen LogP contribution in [0.15, 0.2) is 77.5 Å².